The Kier molecular flexibility index (Phi) is 5.29. The fraction of sp³-hybridized carbons (Fsp3) is 0.278. The predicted molar refractivity (Wildman–Crippen MR) is 86.5 cm³/mol. The third-order valence-electron chi connectivity index (χ3n) is 4.21. The summed E-state index contributed by atoms with van der Waals surface area (Å²) in [5.41, 5.74) is 0.491. The summed E-state index contributed by atoms with van der Waals surface area (Å²) in [5, 5.41) is 13.4. The van der Waals surface area contributed by atoms with Crippen LogP contribution in [0.15, 0.2) is 36.4 Å². The summed E-state index contributed by atoms with van der Waals surface area (Å²) in [7, 11) is 0. The van der Waals surface area contributed by atoms with Crippen LogP contribution in [-0.2, 0) is 4.79 Å². The molecule has 0 radical (unpaired) electrons. The first-order valence-corrected chi connectivity index (χ1v) is 9.26. The SMILES string of the molecule is N#C[C@@H]1CC(F)CN1C(=O)CNC(=O)c1cccc2ccc([At])cc12. The molecular weight excluding hydrogens is 519 g/mol. The summed E-state index contributed by atoms with van der Waals surface area (Å²) in [6, 6.07) is 12.5. The molecule has 0 aromatic heterocycles. The van der Waals surface area contributed by atoms with Crippen molar-refractivity contribution in [2.75, 3.05) is 13.1 Å². The average molecular weight is 534 g/mol. The van der Waals surface area contributed by atoms with Gasteiger partial charge >= 0.3 is 160 Å². The topological polar surface area (TPSA) is 73.2 Å². The Morgan fingerprint density at radius 1 is 1.36 bits per heavy atom. The van der Waals surface area contributed by atoms with Gasteiger partial charge in [0, 0.05) is 0 Å². The molecule has 2 aromatic carbocycles. The molecule has 5 nitrogen and oxygen atoms in total. The molecule has 3 rings (SSSR count). The van der Waals surface area contributed by atoms with Crippen molar-refractivity contribution < 1.29 is 38.7 Å². The van der Waals surface area contributed by atoms with Gasteiger partial charge < -0.3 is 0 Å². The van der Waals surface area contributed by atoms with Crippen LogP contribution >= 0.6 is 0 Å². The summed E-state index contributed by atoms with van der Waals surface area (Å²) in [6.07, 6.45) is -1.16. The van der Waals surface area contributed by atoms with E-state index in [1.165, 1.54) is 29.6 Å². The van der Waals surface area contributed by atoms with Crippen molar-refractivity contribution in [3.63, 3.8) is 0 Å². The van der Waals surface area contributed by atoms with Gasteiger partial charge in [0.05, 0.1) is 0 Å². The molecule has 1 aliphatic rings. The van der Waals surface area contributed by atoms with Crippen molar-refractivity contribution in [1.29, 1.82) is 5.26 Å². The molecule has 25 heavy (non-hydrogen) atoms. The van der Waals surface area contributed by atoms with Gasteiger partial charge in [0.15, 0.2) is 0 Å². The van der Waals surface area contributed by atoms with Gasteiger partial charge in [-0.1, -0.05) is 0 Å². The van der Waals surface area contributed by atoms with Crippen molar-refractivity contribution in [2.24, 2.45) is 0 Å². The Hall–Kier alpha value is -2.06. The zero-order chi connectivity index (χ0) is 18.0. The zero-order valence-corrected chi connectivity index (χ0v) is 16.1. The molecule has 0 saturated carbocycles. The number of carbonyl (C=O) groups is 2. The number of halogens is 1. The molecule has 2 atom stereocenters. The molecule has 1 N–H and O–H groups in total. The molecule has 1 heterocycles. The van der Waals surface area contributed by atoms with Crippen LogP contribution in [0, 0.1) is 36.1 Å². The van der Waals surface area contributed by atoms with Gasteiger partial charge in [0.1, 0.15) is 0 Å². The number of fused-ring (bicyclic) bond motifs is 1. The van der Waals surface area contributed by atoms with Crippen molar-refractivity contribution in [2.45, 2.75) is 18.6 Å². The molecular formula is C18H15AtFN3O2. The minimum atomic E-state index is -1.19. The Morgan fingerprint density at radius 3 is 2.92 bits per heavy atom. The van der Waals surface area contributed by atoms with Gasteiger partial charge in [-0.2, -0.15) is 0 Å². The predicted octanol–water partition coefficient (Wildman–Crippen LogP) is 1.21. The number of hydrogen-bond donors (Lipinski definition) is 1. The van der Waals surface area contributed by atoms with Crippen molar-refractivity contribution in [1.82, 2.24) is 10.2 Å². The molecule has 0 aliphatic carbocycles. The van der Waals surface area contributed by atoms with Gasteiger partial charge in [-0.05, 0) is 0 Å². The molecule has 128 valence electrons. The van der Waals surface area contributed by atoms with Gasteiger partial charge in [-0.3, -0.25) is 0 Å². The van der Waals surface area contributed by atoms with E-state index in [2.05, 4.69) is 5.32 Å². The summed E-state index contributed by atoms with van der Waals surface area (Å²) in [6.45, 7) is -0.350. The normalized spacial score (nSPS) is 19.6. The van der Waals surface area contributed by atoms with Crippen LogP contribution in [0.25, 0.3) is 10.8 Å². The molecule has 0 spiro atoms. The molecule has 1 saturated heterocycles. The van der Waals surface area contributed by atoms with Crippen LogP contribution in [0.4, 0.5) is 4.39 Å². The summed E-state index contributed by atoms with van der Waals surface area (Å²) in [4.78, 5) is 25.9. The van der Waals surface area contributed by atoms with E-state index in [4.69, 9.17) is 5.26 Å². The Bertz CT molecular complexity index is 880. The van der Waals surface area contributed by atoms with E-state index in [-0.39, 0.29) is 25.4 Å². The molecule has 1 aliphatic heterocycles. The van der Waals surface area contributed by atoms with Crippen LogP contribution < -0.4 is 8.59 Å². The number of rotatable bonds is 3. The number of benzene rings is 2. The Labute approximate surface area is 159 Å². The molecule has 7 heteroatoms. The van der Waals surface area contributed by atoms with E-state index in [1.54, 1.807) is 12.1 Å². The summed E-state index contributed by atoms with van der Waals surface area (Å²) in [5.74, 6) is -0.805. The number of nitrogens with zero attached hydrogens (tertiary/aromatic N) is 2. The zero-order valence-electron chi connectivity index (χ0n) is 13.2. The second-order valence-corrected chi connectivity index (χ2v) is 7.57. The van der Waals surface area contributed by atoms with Gasteiger partial charge in [0.25, 0.3) is 0 Å². The van der Waals surface area contributed by atoms with Crippen LogP contribution in [0.5, 0.6) is 0 Å². The van der Waals surface area contributed by atoms with E-state index in [1.807, 2.05) is 30.3 Å². The number of carbonyl (C=O) groups excluding carboxylic acids is 2. The molecule has 2 amide bonds. The van der Waals surface area contributed by atoms with Gasteiger partial charge in [-0.15, -0.1) is 0 Å². The standard InChI is InChI=1S/C18H15AtFN3O2/c19-12-5-4-11-2-1-3-15(16(11)6-12)18(25)22-9-17(24)23-10-13(20)7-14(23)8-21/h1-6,13-14H,7,9-10H2,(H,22,25)/t13?,14-/m0/s1. The van der Waals surface area contributed by atoms with Crippen LogP contribution in [0.1, 0.15) is 16.8 Å². The van der Waals surface area contributed by atoms with Crippen LogP contribution in [-0.4, -0.2) is 42.0 Å². The number of nitriles is 1. The summed E-state index contributed by atoms with van der Waals surface area (Å²) < 4.78 is 14.5. The monoisotopic (exact) mass is 534 g/mol. The average Bonchev–Trinajstić information content (AvgIpc) is 2.99. The van der Waals surface area contributed by atoms with Crippen molar-refractivity contribution in [3.8, 4) is 6.07 Å². The number of amides is 2. The van der Waals surface area contributed by atoms with E-state index >= 15 is 0 Å². The fourth-order valence-corrected chi connectivity index (χ4v) is 3.65. The molecule has 2 aromatic rings. The van der Waals surface area contributed by atoms with E-state index < -0.39 is 18.1 Å². The fourth-order valence-electron chi connectivity index (χ4n) is 2.98. The van der Waals surface area contributed by atoms with E-state index in [0.717, 1.165) is 14.0 Å². The Balaban J connectivity index is 1.72. The third kappa shape index (κ3) is 3.80. The second kappa shape index (κ2) is 7.45. The number of alkyl halides is 1. The Morgan fingerprint density at radius 2 is 2.16 bits per heavy atom. The maximum atomic E-state index is 13.4. The first-order valence-electron chi connectivity index (χ1n) is 7.79. The van der Waals surface area contributed by atoms with Crippen molar-refractivity contribution in [3.05, 3.63) is 42.0 Å². The van der Waals surface area contributed by atoms with Crippen LogP contribution in [0.2, 0.25) is 0 Å². The minimum absolute atomic E-state index is 0.0281. The number of hydrogen-bond acceptors (Lipinski definition) is 3. The quantitative estimate of drug-likeness (QED) is 0.644. The van der Waals surface area contributed by atoms with Gasteiger partial charge in [0.2, 0.25) is 0 Å². The first kappa shape index (κ1) is 17.8. The number of likely N-dealkylation sites (tertiary alicyclic amines) is 1. The number of nitrogens with one attached hydrogen (secondary N) is 1. The maximum absolute atomic E-state index is 13.4. The molecule has 0 bridgehead atoms. The van der Waals surface area contributed by atoms with Crippen molar-refractivity contribution >= 4 is 25.9 Å². The molecule has 1 fully saturated rings. The van der Waals surface area contributed by atoms with Gasteiger partial charge in [-0.25, -0.2) is 0 Å². The first-order chi connectivity index (χ1) is 12.0. The van der Waals surface area contributed by atoms with E-state index in [9.17, 15) is 14.0 Å². The summed E-state index contributed by atoms with van der Waals surface area (Å²) >= 11 is 1.52. The van der Waals surface area contributed by atoms with E-state index in [0.29, 0.717) is 5.56 Å². The van der Waals surface area contributed by atoms with Crippen LogP contribution in [0.3, 0.4) is 0 Å². The second-order valence-electron chi connectivity index (χ2n) is 5.88. The third-order valence-corrected chi connectivity index (χ3v) is 5.12. The molecule has 1 unspecified atom stereocenters.